The molecular weight excluding hydrogens is 449 g/mol. The molecular formula is C10H14N2O13P3-3. The van der Waals surface area contributed by atoms with Crippen molar-refractivity contribution in [3.63, 3.8) is 0 Å². The van der Waals surface area contributed by atoms with Crippen LogP contribution in [0, 0.1) is 6.92 Å². The summed E-state index contributed by atoms with van der Waals surface area (Å²) in [5.41, 5.74) is -1.07. The Hall–Kier alpha value is -0.950. The zero-order chi connectivity index (χ0) is 21.3. The highest BCUT2D eigenvalue weighted by Gasteiger charge is 2.30. The molecule has 0 aromatic carbocycles. The molecule has 5 unspecified atom stereocenters. The molecule has 1 aromatic rings. The summed E-state index contributed by atoms with van der Waals surface area (Å²) in [5, 5.41) is 0. The number of aromatic nitrogens is 2. The van der Waals surface area contributed by atoms with Crippen LogP contribution in [0.5, 0.6) is 0 Å². The van der Waals surface area contributed by atoms with Gasteiger partial charge in [-0.05, 0) is 19.8 Å². The van der Waals surface area contributed by atoms with Gasteiger partial charge in [0, 0.05) is 11.8 Å². The molecule has 5 atom stereocenters. The molecule has 28 heavy (non-hydrogen) atoms. The molecule has 2 rings (SSSR count). The second kappa shape index (κ2) is 8.42. The SMILES string of the molecule is Cc1cn(C2CCC(COP(=O)([O-])OP(=O)([O-])OP(=O)([O-])O)O2)c(=O)[nH]c1=O. The van der Waals surface area contributed by atoms with Gasteiger partial charge in [-0.2, -0.15) is 0 Å². The van der Waals surface area contributed by atoms with Crippen molar-refractivity contribution in [1.82, 2.24) is 9.55 Å². The normalized spacial score (nSPS) is 26.3. The van der Waals surface area contributed by atoms with Crippen LogP contribution in [-0.4, -0.2) is 27.2 Å². The summed E-state index contributed by atoms with van der Waals surface area (Å²) in [6.45, 7) is 0.744. The maximum atomic E-state index is 11.8. The molecule has 1 aromatic heterocycles. The highest BCUT2D eigenvalue weighted by molar-refractivity contribution is 7.65. The van der Waals surface area contributed by atoms with Crippen LogP contribution in [0.1, 0.15) is 24.6 Å². The number of rotatable bonds is 8. The van der Waals surface area contributed by atoms with Crippen LogP contribution in [0.4, 0.5) is 0 Å². The van der Waals surface area contributed by atoms with Gasteiger partial charge in [0.25, 0.3) is 29.0 Å². The van der Waals surface area contributed by atoms with Gasteiger partial charge in [0.2, 0.25) is 0 Å². The smallest absolute Gasteiger partial charge is 0.330 e. The predicted octanol–water partition coefficient (Wildman–Crippen LogP) is -2.03. The van der Waals surface area contributed by atoms with E-state index in [9.17, 15) is 38.0 Å². The van der Waals surface area contributed by atoms with Gasteiger partial charge in [-0.1, -0.05) is 0 Å². The van der Waals surface area contributed by atoms with Crippen LogP contribution in [0.15, 0.2) is 15.8 Å². The third-order valence-electron chi connectivity index (χ3n) is 3.36. The molecule has 0 amide bonds. The largest absolute Gasteiger partial charge is 0.756 e. The van der Waals surface area contributed by atoms with Gasteiger partial charge in [0.15, 0.2) is 0 Å². The number of aromatic amines is 1. The van der Waals surface area contributed by atoms with Crippen molar-refractivity contribution < 1.29 is 51.2 Å². The van der Waals surface area contributed by atoms with E-state index in [-0.39, 0.29) is 18.4 Å². The highest BCUT2D eigenvalue weighted by Crippen LogP contribution is 2.61. The molecule has 1 aliphatic rings. The summed E-state index contributed by atoms with van der Waals surface area (Å²) in [4.78, 5) is 66.4. The molecule has 1 aliphatic heterocycles. The first kappa shape index (κ1) is 23.3. The zero-order valence-corrected chi connectivity index (χ0v) is 16.7. The van der Waals surface area contributed by atoms with Crippen molar-refractivity contribution >= 4 is 23.5 Å². The van der Waals surface area contributed by atoms with E-state index in [1.807, 2.05) is 0 Å². The summed E-state index contributed by atoms with van der Waals surface area (Å²) in [7, 11) is -17.4. The molecule has 2 N–H and O–H groups in total. The van der Waals surface area contributed by atoms with Crippen molar-refractivity contribution in [2.24, 2.45) is 0 Å². The van der Waals surface area contributed by atoms with Crippen LogP contribution >= 0.6 is 23.5 Å². The Balaban J connectivity index is 1.95. The number of nitrogens with one attached hydrogen (secondary N) is 1. The fraction of sp³-hybridized carbons (Fsp3) is 0.600. The third-order valence-corrected chi connectivity index (χ3v) is 7.05. The predicted molar refractivity (Wildman–Crippen MR) is 82.4 cm³/mol. The monoisotopic (exact) mass is 463 g/mol. The molecule has 0 saturated carbocycles. The van der Waals surface area contributed by atoms with E-state index in [2.05, 4.69) is 18.1 Å². The lowest BCUT2D eigenvalue weighted by atomic mass is 10.2. The van der Waals surface area contributed by atoms with E-state index in [0.717, 1.165) is 4.57 Å². The number of phosphoric acid groups is 3. The first-order valence-electron chi connectivity index (χ1n) is 7.38. The van der Waals surface area contributed by atoms with Crippen LogP contribution in [0.3, 0.4) is 0 Å². The zero-order valence-electron chi connectivity index (χ0n) is 14.0. The Morgan fingerprint density at radius 3 is 2.46 bits per heavy atom. The lowest BCUT2D eigenvalue weighted by Crippen LogP contribution is -2.33. The quantitative estimate of drug-likeness (QED) is 0.396. The summed E-state index contributed by atoms with van der Waals surface area (Å²) < 4.78 is 50.4. The van der Waals surface area contributed by atoms with Crippen LogP contribution in [0.25, 0.3) is 0 Å². The first-order valence-corrected chi connectivity index (χ1v) is 11.8. The summed E-state index contributed by atoms with van der Waals surface area (Å²) in [6, 6.07) is 0. The Labute approximate surface area is 156 Å². The molecule has 2 heterocycles. The lowest BCUT2D eigenvalue weighted by molar-refractivity contribution is -0.250. The van der Waals surface area contributed by atoms with Crippen molar-refractivity contribution in [3.05, 3.63) is 32.6 Å². The van der Waals surface area contributed by atoms with Gasteiger partial charge in [0.1, 0.15) is 6.23 Å². The Morgan fingerprint density at radius 1 is 1.21 bits per heavy atom. The highest BCUT2D eigenvalue weighted by atomic mass is 31.3. The maximum absolute atomic E-state index is 11.8. The molecule has 0 aliphatic carbocycles. The van der Waals surface area contributed by atoms with Crippen molar-refractivity contribution in [3.8, 4) is 0 Å². The number of H-pyrrole nitrogens is 1. The summed E-state index contributed by atoms with van der Waals surface area (Å²) >= 11 is 0. The number of ether oxygens (including phenoxy) is 1. The van der Waals surface area contributed by atoms with Crippen molar-refractivity contribution in [2.75, 3.05) is 6.61 Å². The number of phosphoric ester groups is 1. The van der Waals surface area contributed by atoms with Gasteiger partial charge in [-0.25, -0.2) is 13.4 Å². The molecule has 15 nitrogen and oxygen atoms in total. The van der Waals surface area contributed by atoms with Gasteiger partial charge in [0.05, 0.1) is 12.7 Å². The van der Waals surface area contributed by atoms with Crippen LogP contribution < -0.4 is 25.9 Å². The average Bonchev–Trinajstić information content (AvgIpc) is 2.94. The van der Waals surface area contributed by atoms with Gasteiger partial charge < -0.3 is 28.8 Å². The van der Waals surface area contributed by atoms with E-state index in [1.54, 1.807) is 0 Å². The molecule has 0 bridgehead atoms. The minimum Gasteiger partial charge on any atom is -0.756 e. The van der Waals surface area contributed by atoms with Gasteiger partial charge in [-0.3, -0.25) is 28.0 Å². The summed E-state index contributed by atoms with van der Waals surface area (Å²) in [5.74, 6) is 0. The number of nitrogens with zero attached hydrogens (tertiary/aromatic N) is 1. The summed E-state index contributed by atoms with van der Waals surface area (Å²) in [6.07, 6.45) is -0.0229. The van der Waals surface area contributed by atoms with Crippen molar-refractivity contribution in [2.45, 2.75) is 32.1 Å². The third kappa shape index (κ3) is 6.83. The molecule has 160 valence electrons. The minimum absolute atomic E-state index is 0.202. The topological polar surface area (TPSA) is 232 Å². The average molecular weight is 463 g/mol. The van der Waals surface area contributed by atoms with Crippen molar-refractivity contribution in [1.29, 1.82) is 0 Å². The Bertz CT molecular complexity index is 980. The fourth-order valence-corrected chi connectivity index (χ4v) is 5.19. The van der Waals surface area contributed by atoms with E-state index >= 15 is 0 Å². The van der Waals surface area contributed by atoms with E-state index in [0.29, 0.717) is 0 Å². The van der Waals surface area contributed by atoms with E-state index in [4.69, 9.17) is 9.63 Å². The van der Waals surface area contributed by atoms with E-state index < -0.39 is 53.7 Å². The molecule has 1 fully saturated rings. The second-order valence-corrected chi connectivity index (χ2v) is 9.88. The molecule has 0 radical (unpaired) electrons. The molecule has 1 saturated heterocycles. The molecule has 18 heteroatoms. The number of aryl methyl sites for hydroxylation is 1. The maximum Gasteiger partial charge on any atom is 0.330 e. The Morgan fingerprint density at radius 2 is 1.86 bits per heavy atom. The first-order chi connectivity index (χ1) is 12.7. The number of hydrogen-bond donors (Lipinski definition) is 2. The fourth-order valence-electron chi connectivity index (χ4n) is 2.28. The van der Waals surface area contributed by atoms with Gasteiger partial charge in [-0.15, -0.1) is 0 Å². The Kier molecular flexibility index (Phi) is 7.02. The second-order valence-electron chi connectivity index (χ2n) is 5.59. The number of hydrogen-bond acceptors (Lipinski definition) is 12. The lowest BCUT2D eigenvalue weighted by Gasteiger charge is -2.32. The van der Waals surface area contributed by atoms with E-state index in [1.165, 1.54) is 13.1 Å². The van der Waals surface area contributed by atoms with Crippen LogP contribution in [0.2, 0.25) is 0 Å². The van der Waals surface area contributed by atoms with Gasteiger partial charge >= 0.3 is 5.69 Å². The van der Waals surface area contributed by atoms with Crippen LogP contribution in [-0.2, 0) is 31.6 Å². The minimum atomic E-state index is -5.97. The standard InChI is InChI=1S/C10H17N2O13P3/c1-6-4-12(10(14)11-9(6)13)8-3-2-7(23-8)5-22-27(18,19)25-28(20,21)24-26(15,16)17/h4,7-8H,2-3,5H2,1H3,(H,18,19)(H,20,21)(H,11,13,14)(H2,15,16,17)/p-3. The molecule has 0 spiro atoms.